The third-order valence-corrected chi connectivity index (χ3v) is 8.56. The van der Waals surface area contributed by atoms with Crippen molar-refractivity contribution in [3.8, 4) is 6.07 Å². The molecule has 1 amide bonds. The van der Waals surface area contributed by atoms with Gasteiger partial charge in [0.05, 0.1) is 38.8 Å². The summed E-state index contributed by atoms with van der Waals surface area (Å²) in [5, 5.41) is 10.2. The van der Waals surface area contributed by atoms with E-state index in [2.05, 4.69) is 5.32 Å². The van der Waals surface area contributed by atoms with E-state index in [-0.39, 0.29) is 28.3 Å². The molecule has 1 heterocycles. The minimum atomic E-state index is -4.03. The zero-order valence-electron chi connectivity index (χ0n) is 14.4. The van der Waals surface area contributed by atoms with Crippen molar-refractivity contribution in [1.82, 2.24) is 0 Å². The zero-order valence-corrected chi connectivity index (χ0v) is 16.1. The quantitative estimate of drug-likeness (QED) is 0.752. The van der Waals surface area contributed by atoms with Gasteiger partial charge in [-0.3, -0.25) is 4.79 Å². The number of hydrogen-bond donors (Lipinski definition) is 1. The summed E-state index contributed by atoms with van der Waals surface area (Å²) in [5.41, 5.74) is 0.0416. The van der Waals surface area contributed by atoms with Gasteiger partial charge >= 0.3 is 0 Å². The van der Waals surface area contributed by atoms with Crippen LogP contribution in [-0.2, 0) is 19.7 Å². The number of anilines is 1. The largest absolute Gasteiger partial charge is 0.322 e. The topological polar surface area (TPSA) is 121 Å². The maximum Gasteiger partial charge on any atom is 0.258 e. The van der Waals surface area contributed by atoms with Crippen molar-refractivity contribution < 1.29 is 26.0 Å². The molecule has 0 aromatic heterocycles. The highest BCUT2D eigenvalue weighted by Gasteiger charge is 2.38. The zero-order chi connectivity index (χ0) is 20.5. The summed E-state index contributed by atoms with van der Waals surface area (Å²) in [5.74, 6) is -2.52. The first kappa shape index (κ1) is 20.0. The van der Waals surface area contributed by atoms with E-state index < -0.39 is 48.0 Å². The molecule has 28 heavy (non-hydrogen) atoms. The van der Waals surface area contributed by atoms with E-state index in [4.69, 9.17) is 5.26 Å². The second-order valence-corrected chi connectivity index (χ2v) is 10.8. The number of nitriles is 1. The van der Waals surface area contributed by atoms with Gasteiger partial charge < -0.3 is 5.32 Å². The summed E-state index contributed by atoms with van der Waals surface area (Å²) in [7, 11) is -7.46. The average Bonchev–Trinajstić information content (AvgIpc) is 3.02. The fourth-order valence-corrected chi connectivity index (χ4v) is 7.30. The average molecular weight is 422 g/mol. The molecular weight excluding hydrogens is 407 g/mol. The van der Waals surface area contributed by atoms with E-state index in [0.717, 1.165) is 18.2 Å². The molecule has 3 rings (SSSR count). The molecule has 0 spiro atoms. The Morgan fingerprint density at radius 2 is 1.96 bits per heavy atom. The Kier molecular flexibility index (Phi) is 5.23. The van der Waals surface area contributed by atoms with Gasteiger partial charge in [-0.2, -0.15) is 5.26 Å². The van der Waals surface area contributed by atoms with Crippen LogP contribution in [-0.4, -0.2) is 39.5 Å². The van der Waals surface area contributed by atoms with Gasteiger partial charge in [0.1, 0.15) is 5.82 Å². The van der Waals surface area contributed by atoms with Gasteiger partial charge in [0.25, 0.3) is 5.91 Å². The number of rotatable bonds is 4. The van der Waals surface area contributed by atoms with Gasteiger partial charge in [0.2, 0.25) is 0 Å². The minimum absolute atomic E-state index is 0.0372. The smallest absolute Gasteiger partial charge is 0.258 e. The highest BCUT2D eigenvalue weighted by Crippen LogP contribution is 2.27. The van der Waals surface area contributed by atoms with Crippen molar-refractivity contribution in [3.05, 3.63) is 59.4 Å². The van der Waals surface area contributed by atoms with E-state index in [1.54, 1.807) is 0 Å². The van der Waals surface area contributed by atoms with Crippen LogP contribution in [0.3, 0.4) is 0 Å². The molecule has 0 unspecified atom stereocenters. The van der Waals surface area contributed by atoms with Crippen LogP contribution in [0.1, 0.15) is 22.3 Å². The molecule has 0 radical (unpaired) electrons. The molecule has 7 nitrogen and oxygen atoms in total. The number of nitrogens with one attached hydrogen (secondary N) is 1. The first-order chi connectivity index (χ1) is 13.1. The Bertz CT molecular complexity index is 1200. The lowest BCUT2D eigenvalue weighted by Gasteiger charge is -2.12. The molecule has 1 saturated heterocycles. The van der Waals surface area contributed by atoms with E-state index in [0.29, 0.717) is 0 Å². The van der Waals surface area contributed by atoms with Gasteiger partial charge in [-0.05, 0) is 42.8 Å². The van der Waals surface area contributed by atoms with Crippen LogP contribution in [0.25, 0.3) is 0 Å². The van der Waals surface area contributed by atoms with Crippen LogP contribution in [0.5, 0.6) is 0 Å². The standard InChI is InChI=1S/C18H15FN2O5S2/c19-17-5-4-14(28(25,26)15-6-7-27(23,24)11-15)9-16(17)18(22)21-13-3-1-2-12(8-13)10-20/h1-5,8-9,15H,6-7,11H2,(H,21,22)/t15-/m0/s1. The van der Waals surface area contributed by atoms with Crippen LogP contribution in [0.4, 0.5) is 10.1 Å². The van der Waals surface area contributed by atoms with Crippen molar-refractivity contribution in [2.24, 2.45) is 0 Å². The van der Waals surface area contributed by atoms with Gasteiger partial charge in [0, 0.05) is 5.69 Å². The van der Waals surface area contributed by atoms with E-state index in [1.807, 2.05) is 6.07 Å². The Balaban J connectivity index is 1.91. The summed E-state index contributed by atoms with van der Waals surface area (Å²) < 4.78 is 62.7. The van der Waals surface area contributed by atoms with Crippen molar-refractivity contribution in [3.63, 3.8) is 0 Å². The predicted molar refractivity (Wildman–Crippen MR) is 99.8 cm³/mol. The first-order valence-corrected chi connectivity index (χ1v) is 11.5. The second-order valence-electron chi connectivity index (χ2n) is 6.36. The maximum absolute atomic E-state index is 14.2. The van der Waals surface area contributed by atoms with Crippen LogP contribution < -0.4 is 5.32 Å². The van der Waals surface area contributed by atoms with Gasteiger partial charge in [-0.15, -0.1) is 0 Å². The van der Waals surface area contributed by atoms with Crippen LogP contribution in [0.2, 0.25) is 0 Å². The Morgan fingerprint density at radius 1 is 1.21 bits per heavy atom. The summed E-state index contributed by atoms with van der Waals surface area (Å²) in [6.45, 7) is 0. The number of nitrogens with zero attached hydrogens (tertiary/aromatic N) is 1. The number of amides is 1. The Hall–Kier alpha value is -2.77. The highest BCUT2D eigenvalue weighted by atomic mass is 32.2. The molecule has 0 saturated carbocycles. The van der Waals surface area contributed by atoms with Gasteiger partial charge in [-0.1, -0.05) is 6.07 Å². The van der Waals surface area contributed by atoms with Crippen molar-refractivity contribution in [2.45, 2.75) is 16.6 Å². The molecule has 1 atom stereocenters. The van der Waals surface area contributed by atoms with E-state index in [1.165, 1.54) is 24.3 Å². The van der Waals surface area contributed by atoms with Crippen LogP contribution in [0, 0.1) is 17.1 Å². The Morgan fingerprint density at radius 3 is 2.61 bits per heavy atom. The molecular formula is C18H15FN2O5S2. The number of halogens is 1. The molecule has 10 heteroatoms. The fourth-order valence-electron chi connectivity index (χ4n) is 2.92. The predicted octanol–water partition coefficient (Wildman–Crippen LogP) is 1.91. The van der Waals surface area contributed by atoms with Crippen LogP contribution in [0.15, 0.2) is 47.4 Å². The van der Waals surface area contributed by atoms with E-state index >= 15 is 0 Å². The molecule has 1 aliphatic rings. The first-order valence-electron chi connectivity index (χ1n) is 8.18. The Labute approximate surface area is 161 Å². The lowest BCUT2D eigenvalue weighted by molar-refractivity contribution is 0.102. The molecule has 1 N–H and O–H groups in total. The van der Waals surface area contributed by atoms with E-state index in [9.17, 15) is 26.0 Å². The summed E-state index contributed by atoms with van der Waals surface area (Å²) in [6.07, 6.45) is -0.0372. The minimum Gasteiger partial charge on any atom is -0.322 e. The summed E-state index contributed by atoms with van der Waals surface area (Å²) in [4.78, 5) is 12.1. The van der Waals surface area contributed by atoms with Gasteiger partial charge in [0.15, 0.2) is 19.7 Å². The monoisotopic (exact) mass is 422 g/mol. The van der Waals surface area contributed by atoms with Gasteiger partial charge in [-0.25, -0.2) is 21.2 Å². The van der Waals surface area contributed by atoms with Crippen LogP contribution >= 0.6 is 0 Å². The molecule has 146 valence electrons. The number of carbonyl (C=O) groups is 1. The van der Waals surface area contributed by atoms with Crippen molar-refractivity contribution in [1.29, 1.82) is 5.26 Å². The fraction of sp³-hybridized carbons (Fsp3) is 0.222. The lowest BCUT2D eigenvalue weighted by atomic mass is 10.1. The third-order valence-electron chi connectivity index (χ3n) is 4.39. The third kappa shape index (κ3) is 4.05. The molecule has 0 aliphatic carbocycles. The van der Waals surface area contributed by atoms with Crippen molar-refractivity contribution >= 4 is 31.3 Å². The highest BCUT2D eigenvalue weighted by molar-refractivity contribution is 7.96. The molecule has 0 bridgehead atoms. The normalized spacial score (nSPS) is 18.4. The number of benzene rings is 2. The number of carbonyl (C=O) groups excluding carboxylic acids is 1. The maximum atomic E-state index is 14.2. The SMILES string of the molecule is N#Cc1cccc(NC(=O)c2cc(S(=O)(=O)[C@H]3CCS(=O)(=O)C3)ccc2F)c1. The summed E-state index contributed by atoms with van der Waals surface area (Å²) in [6, 6.07) is 10.6. The number of hydrogen-bond acceptors (Lipinski definition) is 6. The summed E-state index contributed by atoms with van der Waals surface area (Å²) >= 11 is 0. The molecule has 2 aromatic carbocycles. The molecule has 1 aliphatic heterocycles. The molecule has 2 aromatic rings. The second kappa shape index (κ2) is 7.33. The lowest BCUT2D eigenvalue weighted by Crippen LogP contribution is -2.23. The number of sulfone groups is 2. The van der Waals surface area contributed by atoms with Crippen molar-refractivity contribution in [2.75, 3.05) is 16.8 Å². The molecule has 1 fully saturated rings.